The largest absolute Gasteiger partial charge is 0.495 e. The lowest BCUT2D eigenvalue weighted by atomic mass is 10.1. The number of rotatable bonds is 11. The predicted octanol–water partition coefficient (Wildman–Crippen LogP) is 3.50. The summed E-state index contributed by atoms with van der Waals surface area (Å²) in [6, 6.07) is 12.9. The Bertz CT molecular complexity index is 1960. The molecule has 1 aromatic heterocycles. The van der Waals surface area contributed by atoms with Crippen LogP contribution < -0.4 is 25.1 Å². The molecule has 0 saturated carbocycles. The number of amides is 3. The van der Waals surface area contributed by atoms with Gasteiger partial charge in [-0.15, -0.1) is 0 Å². The van der Waals surface area contributed by atoms with Crippen molar-refractivity contribution in [2.75, 3.05) is 38.2 Å². The van der Waals surface area contributed by atoms with Gasteiger partial charge in [-0.3, -0.25) is 28.0 Å². The van der Waals surface area contributed by atoms with E-state index in [9.17, 15) is 27.6 Å². The van der Waals surface area contributed by atoms with Crippen LogP contribution >= 0.6 is 11.5 Å². The molecule has 1 N–H and O–H groups in total. The smallest absolute Gasteiger partial charge is 0.269 e. The number of fused-ring (bicyclic) bond motifs is 2. The molecule has 0 radical (unpaired) electrons. The molecule has 0 aliphatic carbocycles. The third-order valence-corrected chi connectivity index (χ3v) is 9.05. The first kappa shape index (κ1) is 30.8. The van der Waals surface area contributed by atoms with Gasteiger partial charge in [-0.1, -0.05) is 29.7 Å². The van der Waals surface area contributed by atoms with E-state index in [1.54, 1.807) is 43.3 Å². The van der Waals surface area contributed by atoms with Gasteiger partial charge in [0.15, 0.2) is 11.5 Å². The summed E-state index contributed by atoms with van der Waals surface area (Å²) in [4.78, 5) is 54.5. The minimum Gasteiger partial charge on any atom is -0.495 e. The first-order valence-electron chi connectivity index (χ1n) is 13.4. The molecule has 0 unspecified atom stereocenters. The van der Waals surface area contributed by atoms with E-state index < -0.39 is 39.4 Å². The fourth-order valence-corrected chi connectivity index (χ4v) is 7.11. The predicted molar refractivity (Wildman–Crippen MR) is 165 cm³/mol. The van der Waals surface area contributed by atoms with Crippen LogP contribution in [0.2, 0.25) is 0 Å². The molecule has 0 saturated heterocycles. The normalized spacial score (nSPS) is 13.6. The molecule has 1 aliphatic rings. The second kappa shape index (κ2) is 12.1. The molecule has 12 nitrogen and oxygen atoms in total. The molecule has 44 heavy (non-hydrogen) atoms. The number of sulfone groups is 1. The minimum atomic E-state index is -3.70. The molecule has 3 amide bonds. The van der Waals surface area contributed by atoms with Crippen molar-refractivity contribution in [2.45, 2.75) is 19.5 Å². The van der Waals surface area contributed by atoms with Gasteiger partial charge in [0, 0.05) is 6.26 Å². The monoisotopic (exact) mass is 639 g/mol. The van der Waals surface area contributed by atoms with Crippen LogP contribution in [-0.2, 0) is 21.2 Å². The zero-order chi connectivity index (χ0) is 31.8. The third-order valence-electron chi connectivity index (χ3n) is 7.01. The Hall–Kier alpha value is -4.69. The zero-order valence-electron chi connectivity index (χ0n) is 24.3. The Labute approximate surface area is 256 Å². The summed E-state index contributed by atoms with van der Waals surface area (Å²) >= 11 is 1.07. The minimum absolute atomic E-state index is 0.00797. The maximum atomic E-state index is 13.9. The van der Waals surface area contributed by atoms with Crippen LogP contribution in [0.4, 0.5) is 5.69 Å². The molecule has 0 spiro atoms. The first-order chi connectivity index (χ1) is 21.0. The van der Waals surface area contributed by atoms with Crippen LogP contribution in [0, 0.1) is 0 Å². The highest BCUT2D eigenvalue weighted by atomic mass is 32.2. The highest BCUT2D eigenvalue weighted by Crippen LogP contribution is 2.38. The standard InChI is InChI=1S/C30H29N3O9S2/c1-5-42-24-14-17(12-13-22(24)40-2)21(16-44(4,38)39)33-29(36)18-8-6-10-20(26(18)30(33)37)31-25(34)15-32-28(35)19-9-7-11-23(41-3)27(19)43-32/h6-14,21H,5,15-16H2,1-4H3,(H,31,34)/t21-/m1/s1. The molecule has 2 heterocycles. The number of carbonyl (C=O) groups excluding carboxylic acids is 3. The summed E-state index contributed by atoms with van der Waals surface area (Å²) in [6.07, 6.45) is 1.02. The molecule has 3 aromatic carbocycles. The highest BCUT2D eigenvalue weighted by Gasteiger charge is 2.43. The van der Waals surface area contributed by atoms with Crippen molar-refractivity contribution in [3.05, 3.63) is 81.6 Å². The quantitative estimate of drug-likeness (QED) is 0.243. The van der Waals surface area contributed by atoms with E-state index in [2.05, 4.69) is 5.32 Å². The lowest BCUT2D eigenvalue weighted by molar-refractivity contribution is -0.116. The molecule has 5 rings (SSSR count). The van der Waals surface area contributed by atoms with E-state index in [0.717, 1.165) is 22.7 Å². The van der Waals surface area contributed by atoms with E-state index in [4.69, 9.17) is 14.2 Å². The third kappa shape index (κ3) is 5.77. The van der Waals surface area contributed by atoms with Gasteiger partial charge in [0.05, 0.1) is 59.5 Å². The lowest BCUT2D eigenvalue weighted by Crippen LogP contribution is -2.37. The fourth-order valence-electron chi connectivity index (χ4n) is 5.12. The molecule has 4 aromatic rings. The molecule has 1 atom stereocenters. The number of anilines is 1. The lowest BCUT2D eigenvalue weighted by Gasteiger charge is -2.27. The molecular weight excluding hydrogens is 610 g/mol. The van der Waals surface area contributed by atoms with E-state index in [0.29, 0.717) is 39.5 Å². The molecular formula is C30H29N3O9S2. The number of imide groups is 1. The van der Waals surface area contributed by atoms with Gasteiger partial charge in [-0.05, 0) is 48.9 Å². The SMILES string of the molecule is CCOc1cc([C@@H](CS(C)(=O)=O)N2C(=O)c3cccc(NC(=O)Cn4sc5c(OC)cccc5c4=O)c3C2=O)ccc1OC. The summed E-state index contributed by atoms with van der Waals surface area (Å²) in [5, 5.41) is 3.06. The van der Waals surface area contributed by atoms with Crippen molar-refractivity contribution in [1.29, 1.82) is 0 Å². The summed E-state index contributed by atoms with van der Waals surface area (Å²) in [5.74, 6) is -1.40. The fraction of sp³-hybridized carbons (Fsp3) is 0.267. The summed E-state index contributed by atoms with van der Waals surface area (Å²) < 4.78 is 43.2. The Morgan fingerprint density at radius 1 is 0.955 bits per heavy atom. The number of carbonyl (C=O) groups is 3. The second-order valence-electron chi connectivity index (χ2n) is 9.98. The van der Waals surface area contributed by atoms with Gasteiger partial charge in [0.25, 0.3) is 17.4 Å². The van der Waals surface area contributed by atoms with Crippen LogP contribution in [0.15, 0.2) is 59.4 Å². The van der Waals surface area contributed by atoms with E-state index in [1.165, 1.54) is 36.4 Å². The second-order valence-corrected chi connectivity index (χ2v) is 13.2. The van der Waals surface area contributed by atoms with E-state index in [-0.39, 0.29) is 28.9 Å². The molecule has 0 fully saturated rings. The average Bonchev–Trinajstić information content (AvgIpc) is 3.44. The van der Waals surface area contributed by atoms with Crippen molar-refractivity contribution in [2.24, 2.45) is 0 Å². The average molecular weight is 640 g/mol. The Morgan fingerprint density at radius 2 is 1.68 bits per heavy atom. The number of benzene rings is 3. The highest BCUT2D eigenvalue weighted by molar-refractivity contribution is 7.90. The van der Waals surface area contributed by atoms with Crippen LogP contribution in [-0.4, -0.2) is 67.8 Å². The van der Waals surface area contributed by atoms with Gasteiger partial charge < -0.3 is 19.5 Å². The number of aromatic nitrogens is 1. The molecule has 14 heteroatoms. The molecule has 1 aliphatic heterocycles. The number of hydrogen-bond donors (Lipinski definition) is 1. The topological polar surface area (TPSA) is 150 Å². The summed E-state index contributed by atoms with van der Waals surface area (Å²) in [6.45, 7) is 1.72. The maximum absolute atomic E-state index is 13.9. The number of methoxy groups -OCH3 is 2. The first-order valence-corrected chi connectivity index (χ1v) is 16.3. The number of hydrogen-bond acceptors (Lipinski definition) is 10. The van der Waals surface area contributed by atoms with E-state index in [1.807, 2.05) is 0 Å². The number of ether oxygens (including phenoxy) is 3. The molecule has 0 bridgehead atoms. The van der Waals surface area contributed by atoms with Crippen molar-refractivity contribution < 1.29 is 37.0 Å². The van der Waals surface area contributed by atoms with Crippen LogP contribution in [0.1, 0.15) is 39.2 Å². The van der Waals surface area contributed by atoms with E-state index >= 15 is 0 Å². The van der Waals surface area contributed by atoms with Crippen LogP contribution in [0.5, 0.6) is 17.2 Å². The Morgan fingerprint density at radius 3 is 2.36 bits per heavy atom. The van der Waals surface area contributed by atoms with Gasteiger partial charge in [-0.25, -0.2) is 8.42 Å². The number of nitrogens with zero attached hydrogens (tertiary/aromatic N) is 2. The molecule has 230 valence electrons. The number of nitrogens with one attached hydrogen (secondary N) is 1. The van der Waals surface area contributed by atoms with Crippen LogP contribution in [0.25, 0.3) is 10.1 Å². The van der Waals surface area contributed by atoms with Gasteiger partial charge in [-0.2, -0.15) is 0 Å². The van der Waals surface area contributed by atoms with Crippen LogP contribution in [0.3, 0.4) is 0 Å². The maximum Gasteiger partial charge on any atom is 0.269 e. The zero-order valence-corrected chi connectivity index (χ0v) is 25.9. The van der Waals surface area contributed by atoms with Gasteiger partial charge in [0.1, 0.15) is 22.1 Å². The van der Waals surface area contributed by atoms with Crippen molar-refractivity contribution in [3.8, 4) is 17.2 Å². The van der Waals surface area contributed by atoms with Crippen molar-refractivity contribution >= 4 is 54.9 Å². The van der Waals surface area contributed by atoms with Gasteiger partial charge >= 0.3 is 0 Å². The Kier molecular flexibility index (Phi) is 8.48. The Balaban J connectivity index is 1.47. The van der Waals surface area contributed by atoms with Crippen molar-refractivity contribution in [3.63, 3.8) is 0 Å². The summed E-state index contributed by atoms with van der Waals surface area (Å²) in [5.41, 5.74) is -0.0339. The summed E-state index contributed by atoms with van der Waals surface area (Å²) in [7, 11) is -0.752. The van der Waals surface area contributed by atoms with Crippen molar-refractivity contribution in [1.82, 2.24) is 8.86 Å². The van der Waals surface area contributed by atoms with Gasteiger partial charge in [0.2, 0.25) is 5.91 Å².